The van der Waals surface area contributed by atoms with E-state index in [1.807, 2.05) is 6.92 Å². The first-order valence-electron chi connectivity index (χ1n) is 14.6. The summed E-state index contributed by atoms with van der Waals surface area (Å²) in [5.74, 6) is 1.21. The summed E-state index contributed by atoms with van der Waals surface area (Å²) >= 11 is 2.30. The summed E-state index contributed by atoms with van der Waals surface area (Å²) in [6.45, 7) is 7.85. The van der Waals surface area contributed by atoms with Crippen LogP contribution in [-0.2, 0) is 4.74 Å². The second-order valence-electron chi connectivity index (χ2n) is 10.1. The number of thioether (sulfide) groups is 1. The van der Waals surface area contributed by atoms with E-state index in [1.165, 1.54) is 57.8 Å². The lowest BCUT2D eigenvalue weighted by molar-refractivity contribution is -1.13. The molecule has 0 radical (unpaired) electrons. The molecular weight excluding hydrogens is 506 g/mol. The number of hydrogen-bond donors (Lipinski definition) is 1. The summed E-state index contributed by atoms with van der Waals surface area (Å²) in [7, 11) is 0. The van der Waals surface area contributed by atoms with Crippen molar-refractivity contribution in [1.29, 1.82) is 0 Å². The number of carbonyl (C=O) groups is 1. The van der Waals surface area contributed by atoms with Crippen molar-refractivity contribution in [3.05, 3.63) is 11.8 Å². The minimum Gasteiger partial charge on any atom is -0.475 e. The van der Waals surface area contributed by atoms with Crippen molar-refractivity contribution in [2.24, 2.45) is 0 Å². The average molecular weight is 557 g/mol. The summed E-state index contributed by atoms with van der Waals surface area (Å²) in [6.07, 6.45) is 18.5. The quantitative estimate of drug-likeness (QED) is 0.0977. The molecule has 0 aromatic carbocycles. The topological polar surface area (TPSA) is 81.5 Å². The number of aromatic nitrogens is 2. The van der Waals surface area contributed by atoms with Crippen molar-refractivity contribution >= 4 is 34.4 Å². The SMILES string of the molecule is CCCCCCCCCCCC(OC(=O)SCC)[N+]1(O)CCC=C(c2nsnc2OCCCCCC)C1. The van der Waals surface area contributed by atoms with Gasteiger partial charge in [0, 0.05) is 24.2 Å². The number of unbranched alkanes of at least 4 members (excludes halogenated alkanes) is 11. The highest BCUT2D eigenvalue weighted by Gasteiger charge is 2.42. The molecule has 9 heteroatoms. The Morgan fingerprint density at radius 3 is 2.32 bits per heavy atom. The molecule has 0 fully saturated rings. The third-order valence-electron chi connectivity index (χ3n) is 6.94. The lowest BCUT2D eigenvalue weighted by Crippen LogP contribution is -2.57. The van der Waals surface area contributed by atoms with Crippen LogP contribution in [0.25, 0.3) is 5.57 Å². The number of hydrogen-bond acceptors (Lipinski definition) is 8. The van der Waals surface area contributed by atoms with Crippen LogP contribution in [-0.4, -0.2) is 55.6 Å². The highest BCUT2D eigenvalue weighted by atomic mass is 32.2. The van der Waals surface area contributed by atoms with Crippen LogP contribution in [0.1, 0.15) is 123 Å². The Hall–Kier alpha value is -1.16. The van der Waals surface area contributed by atoms with E-state index in [9.17, 15) is 10.0 Å². The van der Waals surface area contributed by atoms with Gasteiger partial charge in [-0.2, -0.15) is 4.37 Å². The maximum atomic E-state index is 12.4. The molecule has 1 aromatic rings. The molecule has 2 atom stereocenters. The third-order valence-corrected chi connectivity index (χ3v) is 8.07. The summed E-state index contributed by atoms with van der Waals surface area (Å²) < 4.78 is 20.4. The Morgan fingerprint density at radius 2 is 1.65 bits per heavy atom. The molecule has 2 unspecified atom stereocenters. The van der Waals surface area contributed by atoms with Gasteiger partial charge in [0.15, 0.2) is 0 Å². The van der Waals surface area contributed by atoms with E-state index in [2.05, 4.69) is 28.7 Å². The first kappa shape index (κ1) is 32.1. The zero-order chi connectivity index (χ0) is 26.8. The number of quaternary nitrogens is 1. The Labute approximate surface area is 233 Å². The van der Waals surface area contributed by atoms with Gasteiger partial charge < -0.3 is 9.47 Å². The van der Waals surface area contributed by atoms with E-state index in [0.717, 1.165) is 54.7 Å². The number of nitrogens with zero attached hydrogens (tertiary/aromatic N) is 3. The highest BCUT2D eigenvalue weighted by Crippen LogP contribution is 2.33. The van der Waals surface area contributed by atoms with Crippen LogP contribution >= 0.6 is 23.5 Å². The van der Waals surface area contributed by atoms with E-state index < -0.39 is 6.23 Å². The predicted molar refractivity (Wildman–Crippen MR) is 154 cm³/mol. The number of rotatable bonds is 20. The predicted octanol–water partition coefficient (Wildman–Crippen LogP) is 8.63. The maximum absolute atomic E-state index is 12.4. The summed E-state index contributed by atoms with van der Waals surface area (Å²) in [4.78, 5) is 12.4. The van der Waals surface area contributed by atoms with Crippen molar-refractivity contribution in [3.8, 4) is 5.88 Å². The molecule has 0 amide bonds. The van der Waals surface area contributed by atoms with Gasteiger partial charge in [0.2, 0.25) is 0 Å². The molecule has 1 aromatic heterocycles. The zero-order valence-electron chi connectivity index (χ0n) is 23.4. The van der Waals surface area contributed by atoms with Crippen molar-refractivity contribution in [1.82, 2.24) is 8.75 Å². The second-order valence-corrected chi connectivity index (χ2v) is 11.8. The Morgan fingerprint density at radius 1 is 1.00 bits per heavy atom. The minimum absolute atomic E-state index is 0.299. The van der Waals surface area contributed by atoms with E-state index >= 15 is 0 Å². The van der Waals surface area contributed by atoms with Crippen LogP contribution in [0, 0.1) is 0 Å². The van der Waals surface area contributed by atoms with Crippen molar-refractivity contribution in [2.45, 2.75) is 123 Å². The largest absolute Gasteiger partial charge is 0.475 e. The Bertz CT molecular complexity index is 789. The summed E-state index contributed by atoms with van der Waals surface area (Å²) in [6, 6.07) is 0. The van der Waals surface area contributed by atoms with Gasteiger partial charge in [-0.25, -0.2) is 10.0 Å². The molecule has 7 nitrogen and oxygen atoms in total. The fourth-order valence-electron chi connectivity index (χ4n) is 4.78. The molecule has 0 saturated heterocycles. The highest BCUT2D eigenvalue weighted by molar-refractivity contribution is 8.13. The molecule has 212 valence electrons. The van der Waals surface area contributed by atoms with Gasteiger partial charge in [0.1, 0.15) is 18.8 Å². The van der Waals surface area contributed by atoms with Gasteiger partial charge >= 0.3 is 5.30 Å². The van der Waals surface area contributed by atoms with Gasteiger partial charge in [0.05, 0.1) is 18.3 Å². The van der Waals surface area contributed by atoms with Crippen molar-refractivity contribution in [3.63, 3.8) is 0 Å². The molecule has 1 aliphatic heterocycles. The molecule has 0 bridgehead atoms. The standard InChI is InChI=1S/C28H50N3O4S2/c1-4-7-9-11-12-13-14-15-16-20-25(35-28(32)36-6-3)31(33)21-18-19-24(23-31)26-27(30-37-29-26)34-22-17-10-8-5-2/h19,25,33H,4-18,20-23H2,1-3H3/q+1. The Kier molecular flexibility index (Phi) is 16.4. The third kappa shape index (κ3) is 12.1. The maximum Gasteiger partial charge on any atom is 0.371 e. The number of carbonyl (C=O) groups excluding carboxylic acids is 1. The zero-order valence-corrected chi connectivity index (χ0v) is 25.1. The van der Waals surface area contributed by atoms with Crippen LogP contribution in [0.3, 0.4) is 0 Å². The molecule has 2 rings (SSSR count). The number of ether oxygens (including phenoxy) is 2. The van der Waals surface area contributed by atoms with Crippen LogP contribution in [0.4, 0.5) is 4.79 Å². The van der Waals surface area contributed by atoms with Crippen LogP contribution < -0.4 is 4.74 Å². The minimum atomic E-state index is -0.579. The van der Waals surface area contributed by atoms with Crippen LogP contribution in [0.2, 0.25) is 0 Å². The first-order valence-corrected chi connectivity index (χ1v) is 16.3. The van der Waals surface area contributed by atoms with Gasteiger partial charge in [0.25, 0.3) is 12.1 Å². The molecule has 0 spiro atoms. The van der Waals surface area contributed by atoms with Gasteiger partial charge in [-0.1, -0.05) is 97.5 Å². The smallest absolute Gasteiger partial charge is 0.371 e. The monoisotopic (exact) mass is 556 g/mol. The average Bonchev–Trinajstić information content (AvgIpc) is 3.36. The lowest BCUT2D eigenvalue weighted by atomic mass is 10.0. The molecule has 37 heavy (non-hydrogen) atoms. The number of hydroxylamine groups is 3. The van der Waals surface area contributed by atoms with Gasteiger partial charge in [-0.05, 0) is 24.6 Å². The molecule has 1 aliphatic rings. The van der Waals surface area contributed by atoms with E-state index in [-0.39, 0.29) is 9.95 Å². The second kappa shape index (κ2) is 19.0. The van der Waals surface area contributed by atoms with Crippen LogP contribution in [0.15, 0.2) is 6.08 Å². The fraction of sp³-hybridized carbons (Fsp3) is 0.821. The first-order chi connectivity index (χ1) is 18.0. The van der Waals surface area contributed by atoms with E-state index in [4.69, 9.17) is 9.47 Å². The van der Waals surface area contributed by atoms with E-state index in [1.54, 1.807) is 0 Å². The molecule has 2 heterocycles. The lowest BCUT2D eigenvalue weighted by Gasteiger charge is -2.38. The molecular formula is C28H50N3O4S2+. The van der Waals surface area contributed by atoms with Crippen molar-refractivity contribution in [2.75, 3.05) is 25.4 Å². The molecule has 0 aliphatic carbocycles. The normalized spacial score (nSPS) is 18.4. The van der Waals surface area contributed by atoms with Gasteiger partial charge in [-0.15, -0.1) is 9.02 Å². The van der Waals surface area contributed by atoms with Crippen molar-refractivity contribution < 1.29 is 24.1 Å². The van der Waals surface area contributed by atoms with Gasteiger partial charge in [-0.3, -0.25) is 0 Å². The van der Waals surface area contributed by atoms with Crippen LogP contribution in [0.5, 0.6) is 5.88 Å². The van der Waals surface area contributed by atoms with E-state index in [0.29, 0.717) is 49.9 Å². The fourth-order valence-corrected chi connectivity index (χ4v) is 5.72. The molecule has 1 N–H and O–H groups in total. The Balaban J connectivity index is 1.94. The summed E-state index contributed by atoms with van der Waals surface area (Å²) in [5.41, 5.74) is 1.63. The molecule has 0 saturated carbocycles. The summed E-state index contributed by atoms with van der Waals surface area (Å²) in [5, 5.41) is 11.4.